The van der Waals surface area contributed by atoms with Gasteiger partial charge in [0, 0.05) is 11.9 Å². The van der Waals surface area contributed by atoms with Gasteiger partial charge in [0.25, 0.3) is 0 Å². The van der Waals surface area contributed by atoms with Gasteiger partial charge in [0.2, 0.25) is 0 Å². The monoisotopic (exact) mass is 332 g/mol. The number of allylic oxidation sites excluding steroid dienone is 1. The third-order valence-electron chi connectivity index (χ3n) is 3.51. The molecule has 1 fully saturated rings. The number of aromatic nitrogens is 3. The van der Waals surface area contributed by atoms with E-state index in [9.17, 15) is 0 Å². The molecule has 0 aliphatic heterocycles. The second kappa shape index (κ2) is 5.40. The van der Waals surface area contributed by atoms with Crippen molar-refractivity contribution in [1.82, 2.24) is 20.1 Å². The molecule has 20 heavy (non-hydrogen) atoms. The van der Waals surface area contributed by atoms with E-state index < -0.39 is 0 Å². The first-order valence-electron chi connectivity index (χ1n) is 6.77. The maximum absolute atomic E-state index is 4.41. The van der Waals surface area contributed by atoms with Gasteiger partial charge in [0.1, 0.15) is 0 Å². The Kier molecular flexibility index (Phi) is 3.61. The standard InChI is InChI=1S/C15H17BrN4/c1-10(12-6-7-12)19-11(2)15-13(16)9-18-20(15)14-5-3-4-8-17-14/h3-5,8-9,11-12,19H,1,6-7H2,2H3. The summed E-state index contributed by atoms with van der Waals surface area (Å²) in [5.74, 6) is 1.46. The van der Waals surface area contributed by atoms with E-state index in [0.717, 1.165) is 21.7 Å². The first-order valence-corrected chi connectivity index (χ1v) is 7.56. The lowest BCUT2D eigenvalue weighted by Gasteiger charge is -2.19. The van der Waals surface area contributed by atoms with Crippen molar-refractivity contribution >= 4 is 15.9 Å². The molecule has 4 nitrogen and oxygen atoms in total. The van der Waals surface area contributed by atoms with Crippen LogP contribution in [0.2, 0.25) is 0 Å². The van der Waals surface area contributed by atoms with E-state index >= 15 is 0 Å². The van der Waals surface area contributed by atoms with Crippen LogP contribution in [0.1, 0.15) is 31.5 Å². The van der Waals surface area contributed by atoms with Crippen molar-refractivity contribution in [3.8, 4) is 5.82 Å². The summed E-state index contributed by atoms with van der Waals surface area (Å²) < 4.78 is 2.84. The number of hydrogen-bond acceptors (Lipinski definition) is 3. The summed E-state index contributed by atoms with van der Waals surface area (Å²) in [7, 11) is 0. The molecule has 1 aliphatic rings. The average Bonchev–Trinajstić information content (AvgIpc) is 3.23. The summed E-state index contributed by atoms with van der Waals surface area (Å²) >= 11 is 3.58. The molecule has 0 spiro atoms. The molecule has 0 bridgehead atoms. The Morgan fingerprint density at radius 1 is 1.50 bits per heavy atom. The molecule has 0 radical (unpaired) electrons. The van der Waals surface area contributed by atoms with Gasteiger partial charge in [-0.1, -0.05) is 12.6 Å². The Hall–Kier alpha value is -1.62. The van der Waals surface area contributed by atoms with E-state index in [1.807, 2.05) is 29.1 Å². The largest absolute Gasteiger partial charge is 0.380 e. The highest BCUT2D eigenvalue weighted by molar-refractivity contribution is 9.10. The van der Waals surface area contributed by atoms with Crippen LogP contribution in [0.5, 0.6) is 0 Å². The fourth-order valence-corrected chi connectivity index (χ4v) is 2.89. The third-order valence-corrected chi connectivity index (χ3v) is 4.12. The summed E-state index contributed by atoms with van der Waals surface area (Å²) in [6, 6.07) is 5.94. The Balaban J connectivity index is 1.88. The van der Waals surface area contributed by atoms with Crippen molar-refractivity contribution in [2.75, 3.05) is 0 Å². The van der Waals surface area contributed by atoms with Crippen molar-refractivity contribution in [3.63, 3.8) is 0 Å². The maximum Gasteiger partial charge on any atom is 0.153 e. The van der Waals surface area contributed by atoms with Gasteiger partial charge in [-0.2, -0.15) is 5.10 Å². The number of nitrogens with zero attached hydrogens (tertiary/aromatic N) is 3. The Morgan fingerprint density at radius 3 is 2.95 bits per heavy atom. The van der Waals surface area contributed by atoms with Gasteiger partial charge >= 0.3 is 0 Å². The predicted molar refractivity (Wildman–Crippen MR) is 82.5 cm³/mol. The lowest BCUT2D eigenvalue weighted by atomic mass is 10.2. The molecule has 0 amide bonds. The van der Waals surface area contributed by atoms with Crippen molar-refractivity contribution in [2.24, 2.45) is 5.92 Å². The molecule has 1 saturated carbocycles. The molecule has 1 N–H and O–H groups in total. The van der Waals surface area contributed by atoms with Crippen LogP contribution in [-0.2, 0) is 0 Å². The quantitative estimate of drug-likeness (QED) is 0.909. The van der Waals surface area contributed by atoms with Crippen LogP contribution in [0.3, 0.4) is 0 Å². The zero-order valence-corrected chi connectivity index (χ0v) is 13.0. The highest BCUT2D eigenvalue weighted by Gasteiger charge is 2.27. The maximum atomic E-state index is 4.41. The molecular formula is C15H17BrN4. The fourth-order valence-electron chi connectivity index (χ4n) is 2.29. The van der Waals surface area contributed by atoms with Gasteiger partial charge < -0.3 is 5.32 Å². The first-order chi connectivity index (χ1) is 9.66. The van der Waals surface area contributed by atoms with Crippen molar-refractivity contribution in [2.45, 2.75) is 25.8 Å². The van der Waals surface area contributed by atoms with E-state index in [1.54, 1.807) is 6.20 Å². The molecule has 1 aliphatic carbocycles. The number of halogens is 1. The van der Waals surface area contributed by atoms with Crippen molar-refractivity contribution < 1.29 is 0 Å². The van der Waals surface area contributed by atoms with Crippen LogP contribution in [0.4, 0.5) is 0 Å². The number of nitrogens with one attached hydrogen (secondary N) is 1. The lowest BCUT2D eigenvalue weighted by Crippen LogP contribution is -2.22. The third kappa shape index (κ3) is 2.63. The van der Waals surface area contributed by atoms with Crippen molar-refractivity contribution in [1.29, 1.82) is 0 Å². The SMILES string of the molecule is C=C(NC(C)c1c(Br)cnn1-c1ccccn1)C1CC1. The zero-order chi connectivity index (χ0) is 14.1. The van der Waals surface area contributed by atoms with Crippen LogP contribution in [0, 0.1) is 5.92 Å². The molecule has 0 aromatic carbocycles. The Morgan fingerprint density at radius 2 is 2.30 bits per heavy atom. The predicted octanol–water partition coefficient (Wildman–Crippen LogP) is 3.60. The molecule has 0 saturated heterocycles. The van der Waals surface area contributed by atoms with Gasteiger partial charge in [-0.05, 0) is 53.7 Å². The average molecular weight is 333 g/mol. The van der Waals surface area contributed by atoms with Gasteiger partial charge in [-0.25, -0.2) is 9.67 Å². The minimum atomic E-state index is 0.127. The van der Waals surface area contributed by atoms with E-state index in [-0.39, 0.29) is 6.04 Å². The van der Waals surface area contributed by atoms with Crippen LogP contribution in [0.15, 0.2) is 47.3 Å². The van der Waals surface area contributed by atoms with E-state index in [4.69, 9.17) is 0 Å². The van der Waals surface area contributed by atoms with E-state index in [1.165, 1.54) is 12.8 Å². The number of pyridine rings is 1. The molecular weight excluding hydrogens is 316 g/mol. The molecule has 5 heteroatoms. The smallest absolute Gasteiger partial charge is 0.153 e. The fraction of sp³-hybridized carbons (Fsp3) is 0.333. The molecule has 104 valence electrons. The van der Waals surface area contributed by atoms with Gasteiger partial charge in [0.05, 0.1) is 22.4 Å². The van der Waals surface area contributed by atoms with Crippen LogP contribution < -0.4 is 5.32 Å². The summed E-state index contributed by atoms with van der Waals surface area (Å²) in [5, 5.41) is 7.89. The minimum Gasteiger partial charge on any atom is -0.380 e. The van der Waals surface area contributed by atoms with Gasteiger partial charge in [-0.15, -0.1) is 0 Å². The highest BCUT2D eigenvalue weighted by atomic mass is 79.9. The second-order valence-electron chi connectivity index (χ2n) is 5.14. The summed E-state index contributed by atoms with van der Waals surface area (Å²) in [5.41, 5.74) is 2.18. The van der Waals surface area contributed by atoms with Crippen molar-refractivity contribution in [3.05, 3.63) is 53.0 Å². The molecule has 2 heterocycles. The molecule has 3 rings (SSSR count). The van der Waals surface area contributed by atoms with Crippen LogP contribution >= 0.6 is 15.9 Å². The minimum absolute atomic E-state index is 0.127. The normalized spacial score (nSPS) is 15.9. The van der Waals surface area contributed by atoms with Gasteiger partial charge in [-0.3, -0.25) is 0 Å². The summed E-state index contributed by atoms with van der Waals surface area (Å²) in [4.78, 5) is 4.36. The molecule has 1 unspecified atom stereocenters. The Labute approximate surface area is 127 Å². The lowest BCUT2D eigenvalue weighted by molar-refractivity contribution is 0.582. The molecule has 2 aromatic rings. The Bertz CT molecular complexity index is 616. The number of rotatable bonds is 5. The molecule has 2 aromatic heterocycles. The topological polar surface area (TPSA) is 42.7 Å². The van der Waals surface area contributed by atoms with Crippen LogP contribution in [-0.4, -0.2) is 14.8 Å². The summed E-state index contributed by atoms with van der Waals surface area (Å²) in [6.07, 6.45) is 6.08. The highest BCUT2D eigenvalue weighted by Crippen LogP contribution is 2.36. The van der Waals surface area contributed by atoms with E-state index in [0.29, 0.717) is 5.92 Å². The zero-order valence-electron chi connectivity index (χ0n) is 11.4. The summed E-state index contributed by atoms with van der Waals surface area (Å²) in [6.45, 7) is 6.25. The van der Waals surface area contributed by atoms with Crippen LogP contribution in [0.25, 0.3) is 5.82 Å². The second-order valence-corrected chi connectivity index (χ2v) is 6.00. The number of hydrogen-bond donors (Lipinski definition) is 1. The molecule has 1 atom stereocenters. The van der Waals surface area contributed by atoms with Gasteiger partial charge in [0.15, 0.2) is 5.82 Å². The van der Waals surface area contributed by atoms with E-state index in [2.05, 4.69) is 44.8 Å². The first kappa shape index (κ1) is 13.4.